The van der Waals surface area contributed by atoms with Crippen LogP contribution in [0.1, 0.15) is 11.1 Å². The molecule has 11 heteroatoms. The normalized spacial score (nSPS) is 15.8. The molecule has 1 aliphatic rings. The van der Waals surface area contributed by atoms with Gasteiger partial charge >= 0.3 is 6.18 Å². The summed E-state index contributed by atoms with van der Waals surface area (Å²) in [5, 5.41) is 2.03. The zero-order chi connectivity index (χ0) is 22.1. The fraction of sp³-hybridized carbons (Fsp3) is 0.105. The van der Waals surface area contributed by atoms with Crippen molar-refractivity contribution < 1.29 is 27.6 Å². The van der Waals surface area contributed by atoms with E-state index < -0.39 is 35.3 Å². The second-order valence-electron chi connectivity index (χ2n) is 6.04. The topological polar surface area (TPSA) is 66.5 Å². The van der Waals surface area contributed by atoms with Crippen molar-refractivity contribution in [3.63, 3.8) is 0 Å². The maximum atomic E-state index is 12.8. The summed E-state index contributed by atoms with van der Waals surface area (Å²) in [5.41, 5.74) is -0.626. The Bertz CT molecular complexity index is 1070. The van der Waals surface area contributed by atoms with Crippen LogP contribution in [0.3, 0.4) is 0 Å². The Morgan fingerprint density at radius 3 is 2.53 bits per heavy atom. The maximum absolute atomic E-state index is 12.8. The molecule has 2 aromatic rings. The van der Waals surface area contributed by atoms with E-state index in [1.807, 2.05) is 0 Å². The lowest BCUT2D eigenvalue weighted by Crippen LogP contribution is -2.36. The van der Waals surface area contributed by atoms with Gasteiger partial charge in [-0.1, -0.05) is 41.4 Å². The first-order chi connectivity index (χ1) is 14.1. The van der Waals surface area contributed by atoms with Crippen LogP contribution < -0.4 is 5.32 Å². The molecule has 156 valence electrons. The lowest BCUT2D eigenvalue weighted by atomic mass is 10.2. The van der Waals surface area contributed by atoms with Crippen molar-refractivity contribution in [3.8, 4) is 0 Å². The molecule has 1 heterocycles. The summed E-state index contributed by atoms with van der Waals surface area (Å²) in [4.78, 5) is 37.6. The molecule has 0 saturated carbocycles. The Hall–Kier alpha value is -2.49. The van der Waals surface area contributed by atoms with Crippen LogP contribution >= 0.6 is 35.0 Å². The average Bonchev–Trinajstić information content (AvgIpc) is 2.92. The number of amides is 3. The van der Waals surface area contributed by atoms with E-state index in [0.29, 0.717) is 22.2 Å². The number of rotatable bonds is 4. The standard InChI is InChI=1S/C19H11Cl2F3N2O3S/c20-13-6-1-3-10(16(13)21)7-14-17(28)26(18(29)30-14)9-15(27)25-12-5-2-4-11(8-12)19(22,23)24/h1-8H,9H2,(H,25,27)/b14-7-. The number of hydrogen-bond donors (Lipinski definition) is 1. The van der Waals surface area contributed by atoms with Crippen molar-refractivity contribution in [1.29, 1.82) is 0 Å². The molecular weight excluding hydrogens is 464 g/mol. The molecule has 2 aromatic carbocycles. The van der Waals surface area contributed by atoms with Crippen LogP contribution in [-0.2, 0) is 15.8 Å². The third-order valence-electron chi connectivity index (χ3n) is 3.92. The minimum absolute atomic E-state index is 0.0380. The summed E-state index contributed by atoms with van der Waals surface area (Å²) in [6.07, 6.45) is -3.19. The molecule has 1 N–H and O–H groups in total. The van der Waals surface area contributed by atoms with Crippen LogP contribution in [0.4, 0.5) is 23.7 Å². The van der Waals surface area contributed by atoms with E-state index in [1.165, 1.54) is 12.1 Å². The van der Waals surface area contributed by atoms with Gasteiger partial charge in [-0.05, 0) is 47.7 Å². The molecule has 1 fully saturated rings. The molecule has 3 amide bonds. The number of nitrogens with one attached hydrogen (secondary N) is 1. The predicted molar refractivity (Wildman–Crippen MR) is 109 cm³/mol. The number of thioether (sulfide) groups is 1. The number of halogens is 5. The van der Waals surface area contributed by atoms with Crippen molar-refractivity contribution >= 4 is 63.8 Å². The first-order valence-corrected chi connectivity index (χ1v) is 9.80. The molecule has 0 unspecified atom stereocenters. The summed E-state index contributed by atoms with van der Waals surface area (Å²) in [6, 6.07) is 8.79. The first-order valence-electron chi connectivity index (χ1n) is 8.23. The zero-order valence-corrected chi connectivity index (χ0v) is 17.1. The molecule has 0 aliphatic carbocycles. The van der Waals surface area contributed by atoms with Crippen LogP contribution in [0.2, 0.25) is 10.0 Å². The Kier molecular flexibility index (Phi) is 6.44. The molecule has 0 bridgehead atoms. The predicted octanol–water partition coefficient (Wildman–Crippen LogP) is 5.69. The number of alkyl halides is 3. The SMILES string of the molecule is O=C(CN1C(=O)S/C(=C\c2cccc(Cl)c2Cl)C1=O)Nc1cccc(C(F)(F)F)c1. The summed E-state index contributed by atoms with van der Waals surface area (Å²) >= 11 is 12.6. The second-order valence-corrected chi connectivity index (χ2v) is 7.82. The van der Waals surface area contributed by atoms with Crippen LogP contribution in [0.15, 0.2) is 47.4 Å². The van der Waals surface area contributed by atoms with E-state index in [-0.39, 0.29) is 20.6 Å². The van der Waals surface area contributed by atoms with Gasteiger partial charge in [0, 0.05) is 5.69 Å². The number of carbonyl (C=O) groups is 3. The fourth-order valence-corrected chi connectivity index (χ4v) is 3.72. The second kappa shape index (κ2) is 8.71. The Morgan fingerprint density at radius 1 is 1.13 bits per heavy atom. The van der Waals surface area contributed by atoms with Gasteiger partial charge < -0.3 is 5.32 Å². The number of nitrogens with zero attached hydrogens (tertiary/aromatic N) is 1. The van der Waals surface area contributed by atoms with E-state index >= 15 is 0 Å². The van der Waals surface area contributed by atoms with Gasteiger partial charge in [0.1, 0.15) is 6.54 Å². The molecule has 0 aromatic heterocycles. The third kappa shape index (κ3) is 4.97. The van der Waals surface area contributed by atoms with Crippen LogP contribution in [0.5, 0.6) is 0 Å². The van der Waals surface area contributed by atoms with E-state index in [1.54, 1.807) is 18.2 Å². The van der Waals surface area contributed by atoms with Gasteiger partial charge in [0.15, 0.2) is 0 Å². The van der Waals surface area contributed by atoms with Crippen molar-refractivity contribution in [2.45, 2.75) is 6.18 Å². The molecular formula is C19H11Cl2F3N2O3S. The minimum Gasteiger partial charge on any atom is -0.325 e. The molecule has 0 spiro atoms. The number of benzene rings is 2. The van der Waals surface area contributed by atoms with Crippen molar-refractivity contribution in [2.75, 3.05) is 11.9 Å². The van der Waals surface area contributed by atoms with Gasteiger partial charge in [-0.3, -0.25) is 19.3 Å². The van der Waals surface area contributed by atoms with E-state index in [4.69, 9.17) is 23.2 Å². The summed E-state index contributed by atoms with van der Waals surface area (Å²) < 4.78 is 38.3. The summed E-state index contributed by atoms with van der Waals surface area (Å²) in [6.45, 7) is -0.651. The van der Waals surface area contributed by atoms with Crippen molar-refractivity contribution in [3.05, 3.63) is 68.5 Å². The Labute approximate surface area is 182 Å². The van der Waals surface area contributed by atoms with Gasteiger partial charge in [0.05, 0.1) is 20.5 Å². The number of anilines is 1. The number of hydrogen-bond acceptors (Lipinski definition) is 4. The quantitative estimate of drug-likeness (QED) is 0.578. The highest BCUT2D eigenvalue weighted by Gasteiger charge is 2.36. The molecule has 0 radical (unpaired) electrons. The lowest BCUT2D eigenvalue weighted by Gasteiger charge is -2.13. The zero-order valence-electron chi connectivity index (χ0n) is 14.8. The van der Waals surface area contributed by atoms with Crippen molar-refractivity contribution in [1.82, 2.24) is 4.90 Å². The molecule has 1 aliphatic heterocycles. The van der Waals surface area contributed by atoms with E-state index in [9.17, 15) is 27.6 Å². The average molecular weight is 475 g/mol. The van der Waals surface area contributed by atoms with Gasteiger partial charge in [-0.25, -0.2) is 0 Å². The lowest BCUT2D eigenvalue weighted by molar-refractivity contribution is -0.137. The maximum Gasteiger partial charge on any atom is 0.416 e. The summed E-state index contributed by atoms with van der Waals surface area (Å²) in [7, 11) is 0. The first kappa shape index (κ1) is 22.2. The largest absolute Gasteiger partial charge is 0.416 e. The molecule has 30 heavy (non-hydrogen) atoms. The Balaban J connectivity index is 1.72. The number of imide groups is 1. The van der Waals surface area contributed by atoms with Gasteiger partial charge in [-0.2, -0.15) is 13.2 Å². The van der Waals surface area contributed by atoms with E-state index in [0.717, 1.165) is 18.2 Å². The fourth-order valence-electron chi connectivity index (χ4n) is 2.53. The molecule has 5 nitrogen and oxygen atoms in total. The van der Waals surface area contributed by atoms with Crippen LogP contribution in [-0.4, -0.2) is 28.5 Å². The van der Waals surface area contributed by atoms with Gasteiger partial charge in [-0.15, -0.1) is 0 Å². The monoisotopic (exact) mass is 474 g/mol. The van der Waals surface area contributed by atoms with Crippen LogP contribution in [0, 0.1) is 0 Å². The van der Waals surface area contributed by atoms with Gasteiger partial charge in [0.25, 0.3) is 11.1 Å². The number of carbonyl (C=O) groups excluding carboxylic acids is 3. The Morgan fingerprint density at radius 2 is 1.83 bits per heavy atom. The van der Waals surface area contributed by atoms with Gasteiger partial charge in [0.2, 0.25) is 5.91 Å². The highest BCUT2D eigenvalue weighted by Crippen LogP contribution is 2.35. The molecule has 0 atom stereocenters. The smallest absolute Gasteiger partial charge is 0.325 e. The van der Waals surface area contributed by atoms with Crippen LogP contribution in [0.25, 0.3) is 6.08 Å². The summed E-state index contributed by atoms with van der Waals surface area (Å²) in [5.74, 6) is -1.54. The highest BCUT2D eigenvalue weighted by molar-refractivity contribution is 8.18. The minimum atomic E-state index is -4.57. The molecule has 1 saturated heterocycles. The van der Waals surface area contributed by atoms with Crippen molar-refractivity contribution in [2.24, 2.45) is 0 Å². The highest BCUT2D eigenvalue weighted by atomic mass is 35.5. The van der Waals surface area contributed by atoms with E-state index in [2.05, 4.69) is 5.32 Å². The third-order valence-corrected chi connectivity index (χ3v) is 5.66. The molecule has 3 rings (SSSR count).